The van der Waals surface area contributed by atoms with Gasteiger partial charge in [0.15, 0.2) is 9.84 Å². The van der Waals surface area contributed by atoms with Crippen molar-refractivity contribution in [1.82, 2.24) is 5.01 Å². The van der Waals surface area contributed by atoms with E-state index in [1.807, 2.05) is 35.3 Å². The van der Waals surface area contributed by atoms with Gasteiger partial charge in [-0.15, -0.1) is 0 Å². The zero-order chi connectivity index (χ0) is 17.2. The van der Waals surface area contributed by atoms with Crippen molar-refractivity contribution in [2.45, 2.75) is 30.2 Å². The highest BCUT2D eigenvalue weighted by Crippen LogP contribution is 2.37. The molecule has 1 heterocycles. The van der Waals surface area contributed by atoms with E-state index in [-0.39, 0.29) is 6.04 Å². The van der Waals surface area contributed by atoms with Crippen LogP contribution in [0, 0.1) is 5.92 Å². The van der Waals surface area contributed by atoms with E-state index in [2.05, 4.69) is 12.1 Å². The Hall–Kier alpha value is -1.69. The monoisotopic (exact) mass is 344 g/mol. The molecule has 0 aliphatic carbocycles. The van der Waals surface area contributed by atoms with E-state index >= 15 is 0 Å². The summed E-state index contributed by atoms with van der Waals surface area (Å²) >= 11 is 0. The van der Waals surface area contributed by atoms with Gasteiger partial charge in [-0.3, -0.25) is 5.84 Å². The van der Waals surface area contributed by atoms with Crippen molar-refractivity contribution in [3.05, 3.63) is 65.7 Å². The molecule has 3 rings (SSSR count). The van der Waals surface area contributed by atoms with Gasteiger partial charge >= 0.3 is 0 Å². The van der Waals surface area contributed by atoms with Gasteiger partial charge in [-0.1, -0.05) is 48.5 Å². The maximum atomic E-state index is 12.1. The molecule has 1 aliphatic heterocycles. The Morgan fingerprint density at radius 1 is 1.08 bits per heavy atom. The predicted molar refractivity (Wildman–Crippen MR) is 96.1 cm³/mol. The summed E-state index contributed by atoms with van der Waals surface area (Å²) < 4.78 is 24.2. The molecule has 0 unspecified atom stereocenters. The minimum atomic E-state index is -3.22. The summed E-state index contributed by atoms with van der Waals surface area (Å²) in [6.45, 7) is 0.865. The highest BCUT2D eigenvalue weighted by atomic mass is 32.2. The Balaban J connectivity index is 1.93. The fourth-order valence-electron chi connectivity index (χ4n) is 3.75. The molecular weight excluding hydrogens is 320 g/mol. The second-order valence-corrected chi connectivity index (χ2v) is 8.56. The van der Waals surface area contributed by atoms with Crippen LogP contribution in [-0.4, -0.2) is 26.2 Å². The number of benzene rings is 2. The Morgan fingerprint density at radius 3 is 2.46 bits per heavy atom. The second-order valence-electron chi connectivity index (χ2n) is 6.58. The van der Waals surface area contributed by atoms with Gasteiger partial charge in [0, 0.05) is 12.8 Å². The summed E-state index contributed by atoms with van der Waals surface area (Å²) in [5, 5.41) is 1.91. The van der Waals surface area contributed by atoms with Crippen molar-refractivity contribution in [3.63, 3.8) is 0 Å². The van der Waals surface area contributed by atoms with Crippen molar-refractivity contribution in [1.29, 1.82) is 0 Å². The molecule has 2 atom stereocenters. The van der Waals surface area contributed by atoms with Crippen LogP contribution in [0.3, 0.4) is 0 Å². The molecule has 24 heavy (non-hydrogen) atoms. The minimum Gasteiger partial charge on any atom is -0.268 e. The molecule has 0 saturated carbocycles. The molecule has 0 bridgehead atoms. The first-order valence-electron chi connectivity index (χ1n) is 8.31. The van der Waals surface area contributed by atoms with E-state index in [1.165, 1.54) is 11.8 Å². The van der Waals surface area contributed by atoms with Crippen LogP contribution < -0.4 is 5.84 Å². The van der Waals surface area contributed by atoms with E-state index in [9.17, 15) is 8.42 Å². The maximum absolute atomic E-state index is 12.1. The molecule has 1 saturated heterocycles. The van der Waals surface area contributed by atoms with Crippen molar-refractivity contribution in [2.24, 2.45) is 11.8 Å². The first kappa shape index (κ1) is 17.1. The average molecular weight is 344 g/mol. The molecule has 4 nitrogen and oxygen atoms in total. The van der Waals surface area contributed by atoms with Crippen LogP contribution >= 0.6 is 0 Å². The largest absolute Gasteiger partial charge is 0.268 e. The lowest BCUT2D eigenvalue weighted by atomic mass is 9.81. The summed E-state index contributed by atoms with van der Waals surface area (Å²) in [7, 11) is -3.22. The molecule has 2 aromatic carbocycles. The number of nitrogens with zero attached hydrogens (tertiary/aromatic N) is 1. The van der Waals surface area contributed by atoms with E-state index in [4.69, 9.17) is 5.84 Å². The van der Waals surface area contributed by atoms with Gasteiger partial charge in [0.05, 0.1) is 10.9 Å². The molecule has 2 aromatic rings. The van der Waals surface area contributed by atoms with E-state index < -0.39 is 9.84 Å². The van der Waals surface area contributed by atoms with Crippen LogP contribution in [0.15, 0.2) is 59.5 Å². The number of hydrogen-bond acceptors (Lipinski definition) is 4. The Kier molecular flexibility index (Phi) is 5.04. The Labute approximate surface area is 144 Å². The van der Waals surface area contributed by atoms with Crippen molar-refractivity contribution in [2.75, 3.05) is 12.8 Å². The third-order valence-corrected chi connectivity index (χ3v) is 5.99. The smallest absolute Gasteiger partial charge is 0.175 e. The normalized spacial score (nSPS) is 22.4. The van der Waals surface area contributed by atoms with Crippen molar-refractivity contribution >= 4 is 9.84 Å². The molecule has 5 heteroatoms. The van der Waals surface area contributed by atoms with Gasteiger partial charge in [0.1, 0.15) is 0 Å². The fourth-order valence-corrected chi connectivity index (χ4v) is 4.70. The number of piperidine rings is 1. The third-order valence-electron chi connectivity index (χ3n) is 4.79. The van der Waals surface area contributed by atoms with Gasteiger partial charge in [-0.2, -0.15) is 0 Å². The van der Waals surface area contributed by atoms with Gasteiger partial charge in [-0.25, -0.2) is 13.4 Å². The topological polar surface area (TPSA) is 63.4 Å². The second kappa shape index (κ2) is 7.05. The fraction of sp³-hybridized carbons (Fsp3) is 0.368. The summed E-state index contributed by atoms with van der Waals surface area (Å²) in [6.07, 6.45) is 4.07. The van der Waals surface area contributed by atoms with Crippen LogP contribution in [0.4, 0.5) is 0 Å². The first-order valence-corrected chi connectivity index (χ1v) is 10.2. The number of hydrazine groups is 1. The van der Waals surface area contributed by atoms with Gasteiger partial charge in [0.25, 0.3) is 0 Å². The van der Waals surface area contributed by atoms with E-state index in [0.717, 1.165) is 31.4 Å². The van der Waals surface area contributed by atoms with Crippen LogP contribution in [-0.2, 0) is 16.3 Å². The van der Waals surface area contributed by atoms with Gasteiger partial charge < -0.3 is 0 Å². The van der Waals surface area contributed by atoms with Crippen LogP contribution in [0.2, 0.25) is 0 Å². The summed E-state index contributed by atoms with van der Waals surface area (Å²) in [5.74, 6) is 6.59. The molecule has 0 amide bonds. The molecular formula is C19H24N2O2S. The summed E-state index contributed by atoms with van der Waals surface area (Å²) in [5.41, 5.74) is 2.09. The molecule has 1 aliphatic rings. The zero-order valence-electron chi connectivity index (χ0n) is 13.9. The molecule has 128 valence electrons. The highest BCUT2D eigenvalue weighted by Gasteiger charge is 2.32. The van der Waals surface area contributed by atoms with E-state index in [0.29, 0.717) is 10.8 Å². The first-order chi connectivity index (χ1) is 11.5. The molecule has 0 radical (unpaired) electrons. The minimum absolute atomic E-state index is 0.118. The molecule has 1 fully saturated rings. The standard InChI is InChI=1S/C19H24N2O2S/c1-24(22,23)18-12-6-5-10-16(18)14-17-11-7-13-21(20)19(17)15-8-3-2-4-9-15/h2-6,8-10,12,17,19H,7,11,13-14,20H2,1H3/t17-,19+/m0/s1. The maximum Gasteiger partial charge on any atom is 0.175 e. The lowest BCUT2D eigenvalue weighted by Gasteiger charge is -2.39. The van der Waals surface area contributed by atoms with Gasteiger partial charge in [0.2, 0.25) is 0 Å². The molecule has 0 spiro atoms. The summed E-state index contributed by atoms with van der Waals surface area (Å²) in [4.78, 5) is 0.436. The number of rotatable bonds is 4. The van der Waals surface area contributed by atoms with Crippen LogP contribution in [0.1, 0.15) is 30.0 Å². The molecule has 2 N–H and O–H groups in total. The van der Waals surface area contributed by atoms with E-state index in [1.54, 1.807) is 12.1 Å². The van der Waals surface area contributed by atoms with Crippen molar-refractivity contribution in [3.8, 4) is 0 Å². The van der Waals surface area contributed by atoms with Crippen molar-refractivity contribution < 1.29 is 8.42 Å². The third kappa shape index (κ3) is 3.69. The number of sulfone groups is 1. The van der Waals surface area contributed by atoms with Crippen LogP contribution in [0.5, 0.6) is 0 Å². The summed E-state index contributed by atoms with van der Waals surface area (Å²) in [6, 6.07) is 17.7. The number of nitrogens with two attached hydrogens (primary N) is 1. The average Bonchev–Trinajstić information content (AvgIpc) is 2.55. The Morgan fingerprint density at radius 2 is 1.75 bits per heavy atom. The van der Waals surface area contributed by atoms with Crippen LogP contribution in [0.25, 0.3) is 0 Å². The highest BCUT2D eigenvalue weighted by molar-refractivity contribution is 7.90. The lowest BCUT2D eigenvalue weighted by Crippen LogP contribution is -2.44. The quantitative estimate of drug-likeness (QED) is 0.866. The molecule has 0 aromatic heterocycles. The SMILES string of the molecule is CS(=O)(=O)c1ccccc1C[C@@H]1CCCN(N)[C@@H]1c1ccccc1. The number of hydrogen-bond donors (Lipinski definition) is 1. The van der Waals surface area contributed by atoms with Gasteiger partial charge in [-0.05, 0) is 42.4 Å². The Bertz CT molecular complexity index is 790. The zero-order valence-corrected chi connectivity index (χ0v) is 14.7. The lowest BCUT2D eigenvalue weighted by molar-refractivity contribution is 0.0923. The predicted octanol–water partition coefficient (Wildman–Crippen LogP) is 2.96.